The maximum absolute atomic E-state index is 6.41. The standard InChI is InChI=1S/C37H20N4OS/c1-2-11-21(12-3-1)31-35-32(24-15-6-8-18-27(24)42-35)40-37(39-31)41-26-17-10-20-38-33(26)30-23-14-5-4-13-22(23)29-25-16-7-9-19-28(25)43-36(29)34(30)41/h1-20H. The number of nitrogens with zero attached hydrogens (tertiary/aromatic N) is 4. The highest BCUT2D eigenvalue weighted by atomic mass is 32.1. The van der Waals surface area contributed by atoms with Gasteiger partial charge in [-0.15, -0.1) is 11.3 Å². The van der Waals surface area contributed by atoms with Crippen LogP contribution in [-0.4, -0.2) is 19.5 Å². The Kier molecular flexibility index (Phi) is 4.54. The van der Waals surface area contributed by atoms with Gasteiger partial charge in [-0.25, -0.2) is 9.97 Å². The highest BCUT2D eigenvalue weighted by Crippen LogP contribution is 2.47. The molecular weight excluding hydrogens is 549 g/mol. The zero-order valence-corrected chi connectivity index (χ0v) is 23.5. The first kappa shape index (κ1) is 23.0. The third kappa shape index (κ3) is 3.07. The van der Waals surface area contributed by atoms with Gasteiger partial charge in [0, 0.05) is 38.0 Å². The second kappa shape index (κ2) is 8.47. The molecule has 43 heavy (non-hydrogen) atoms. The fourth-order valence-electron chi connectivity index (χ4n) is 6.66. The molecule has 0 aliphatic rings. The van der Waals surface area contributed by atoms with Crippen molar-refractivity contribution in [2.45, 2.75) is 0 Å². The van der Waals surface area contributed by atoms with E-state index in [0.29, 0.717) is 11.5 Å². The van der Waals surface area contributed by atoms with E-state index in [4.69, 9.17) is 19.4 Å². The van der Waals surface area contributed by atoms with Crippen LogP contribution in [0.25, 0.3) is 92.2 Å². The molecular formula is C37H20N4OS. The third-order valence-corrected chi connectivity index (χ3v) is 9.63. The molecule has 0 saturated carbocycles. The van der Waals surface area contributed by atoms with Crippen LogP contribution < -0.4 is 0 Å². The number of benzene rings is 5. The lowest BCUT2D eigenvalue weighted by molar-refractivity contribution is 0.666. The van der Waals surface area contributed by atoms with E-state index in [-0.39, 0.29) is 0 Å². The molecule has 0 radical (unpaired) electrons. The molecule has 0 atom stereocenters. The van der Waals surface area contributed by atoms with E-state index in [1.54, 1.807) is 0 Å². The average molecular weight is 569 g/mol. The monoisotopic (exact) mass is 568 g/mol. The Hall–Kier alpha value is -5.59. The summed E-state index contributed by atoms with van der Waals surface area (Å²) < 4.78 is 11.1. The molecule has 5 nitrogen and oxygen atoms in total. The SMILES string of the molecule is c1ccc(-c2nc(-n3c4cccnc4c4c5ccccc5c5c6ccccc6sc5c43)nc3c2oc2ccccc23)cc1. The van der Waals surface area contributed by atoms with Crippen molar-refractivity contribution in [2.75, 3.05) is 0 Å². The summed E-state index contributed by atoms with van der Waals surface area (Å²) in [5.41, 5.74) is 7.02. The van der Waals surface area contributed by atoms with Crippen LogP contribution in [0.2, 0.25) is 0 Å². The first-order chi connectivity index (χ1) is 21.3. The summed E-state index contributed by atoms with van der Waals surface area (Å²) in [4.78, 5) is 15.5. The largest absolute Gasteiger partial charge is 0.452 e. The molecule has 0 saturated heterocycles. The lowest BCUT2D eigenvalue weighted by Crippen LogP contribution is -2.03. The van der Waals surface area contributed by atoms with Crippen molar-refractivity contribution in [2.24, 2.45) is 0 Å². The normalized spacial score (nSPS) is 12.2. The number of thiophene rings is 1. The van der Waals surface area contributed by atoms with E-state index in [0.717, 1.165) is 49.7 Å². The summed E-state index contributed by atoms with van der Waals surface area (Å²) in [6, 6.07) is 39.8. The van der Waals surface area contributed by atoms with Gasteiger partial charge in [0.1, 0.15) is 16.8 Å². The maximum atomic E-state index is 6.41. The Morgan fingerprint density at radius 2 is 1.33 bits per heavy atom. The van der Waals surface area contributed by atoms with Crippen molar-refractivity contribution in [3.05, 3.63) is 121 Å². The van der Waals surface area contributed by atoms with Gasteiger partial charge in [0.05, 0.1) is 21.3 Å². The van der Waals surface area contributed by atoms with E-state index < -0.39 is 0 Å². The van der Waals surface area contributed by atoms with Crippen molar-refractivity contribution >= 4 is 86.3 Å². The summed E-state index contributed by atoms with van der Waals surface area (Å²) in [6.07, 6.45) is 1.87. The minimum Gasteiger partial charge on any atom is -0.452 e. The number of hydrogen-bond donors (Lipinski definition) is 0. The Morgan fingerprint density at radius 3 is 2.19 bits per heavy atom. The van der Waals surface area contributed by atoms with Gasteiger partial charge in [-0.3, -0.25) is 9.55 Å². The molecule has 10 rings (SSSR count). The molecule has 0 fully saturated rings. The molecule has 0 unspecified atom stereocenters. The lowest BCUT2D eigenvalue weighted by atomic mass is 10.00. The van der Waals surface area contributed by atoms with Crippen LogP contribution in [0.15, 0.2) is 126 Å². The molecule has 0 aliphatic heterocycles. The summed E-state index contributed by atoms with van der Waals surface area (Å²) in [5, 5.41) is 7.00. The molecule has 5 heterocycles. The number of aromatic nitrogens is 4. The predicted molar refractivity (Wildman–Crippen MR) is 177 cm³/mol. The Labute approximate surface area is 248 Å². The van der Waals surface area contributed by atoms with Crippen molar-refractivity contribution in [3.63, 3.8) is 0 Å². The number of pyridine rings is 1. The minimum absolute atomic E-state index is 0.597. The van der Waals surface area contributed by atoms with Crippen LogP contribution in [0.3, 0.4) is 0 Å². The zero-order valence-electron chi connectivity index (χ0n) is 22.7. The zero-order chi connectivity index (χ0) is 28.1. The van der Waals surface area contributed by atoms with Gasteiger partial charge in [0.15, 0.2) is 5.58 Å². The van der Waals surface area contributed by atoms with E-state index >= 15 is 0 Å². The molecule has 0 spiro atoms. The van der Waals surface area contributed by atoms with E-state index in [9.17, 15) is 0 Å². The first-order valence-electron chi connectivity index (χ1n) is 14.2. The van der Waals surface area contributed by atoms with Crippen LogP contribution >= 0.6 is 11.3 Å². The van der Waals surface area contributed by atoms with E-state index in [1.807, 2.05) is 60.0 Å². The summed E-state index contributed by atoms with van der Waals surface area (Å²) in [7, 11) is 0. The van der Waals surface area contributed by atoms with Crippen LogP contribution in [-0.2, 0) is 0 Å². The molecule has 5 aromatic heterocycles. The van der Waals surface area contributed by atoms with Gasteiger partial charge in [-0.05, 0) is 41.1 Å². The van der Waals surface area contributed by atoms with Crippen LogP contribution in [0, 0.1) is 0 Å². The smallest absolute Gasteiger partial charge is 0.236 e. The quantitative estimate of drug-likeness (QED) is 0.208. The van der Waals surface area contributed by atoms with Gasteiger partial charge in [0.2, 0.25) is 5.95 Å². The highest BCUT2D eigenvalue weighted by Gasteiger charge is 2.25. The number of furan rings is 1. The molecule has 6 heteroatoms. The minimum atomic E-state index is 0.597. The molecule has 0 aliphatic carbocycles. The van der Waals surface area contributed by atoms with Crippen molar-refractivity contribution < 1.29 is 4.42 Å². The Morgan fingerprint density at radius 1 is 0.605 bits per heavy atom. The Bertz CT molecular complexity index is 2740. The second-order valence-corrected chi connectivity index (χ2v) is 11.8. The molecule has 0 amide bonds. The topological polar surface area (TPSA) is 56.7 Å². The fourth-order valence-corrected chi connectivity index (χ4v) is 7.92. The summed E-state index contributed by atoms with van der Waals surface area (Å²) in [6.45, 7) is 0. The van der Waals surface area contributed by atoms with Crippen LogP contribution in [0.4, 0.5) is 0 Å². The fraction of sp³-hybridized carbons (Fsp3) is 0. The third-order valence-electron chi connectivity index (χ3n) is 8.46. The second-order valence-electron chi connectivity index (χ2n) is 10.8. The number of fused-ring (bicyclic) bond motifs is 13. The maximum Gasteiger partial charge on any atom is 0.236 e. The van der Waals surface area contributed by atoms with E-state index in [1.165, 1.54) is 30.9 Å². The summed E-state index contributed by atoms with van der Waals surface area (Å²) >= 11 is 1.82. The van der Waals surface area contributed by atoms with Gasteiger partial charge in [-0.2, -0.15) is 0 Å². The van der Waals surface area contributed by atoms with Gasteiger partial charge in [0.25, 0.3) is 0 Å². The highest BCUT2D eigenvalue weighted by molar-refractivity contribution is 7.27. The van der Waals surface area contributed by atoms with E-state index in [2.05, 4.69) is 77.4 Å². The van der Waals surface area contributed by atoms with Gasteiger partial charge in [-0.1, -0.05) is 84.9 Å². The number of hydrogen-bond acceptors (Lipinski definition) is 5. The van der Waals surface area contributed by atoms with Crippen molar-refractivity contribution in [1.82, 2.24) is 19.5 Å². The lowest BCUT2D eigenvalue weighted by Gasteiger charge is -2.10. The number of rotatable bonds is 2. The average Bonchev–Trinajstić information content (AvgIpc) is 3.75. The van der Waals surface area contributed by atoms with Crippen LogP contribution in [0.5, 0.6) is 0 Å². The summed E-state index contributed by atoms with van der Waals surface area (Å²) in [5.74, 6) is 0.597. The van der Waals surface area contributed by atoms with Crippen molar-refractivity contribution in [1.29, 1.82) is 0 Å². The molecule has 0 N–H and O–H groups in total. The van der Waals surface area contributed by atoms with Gasteiger partial charge >= 0.3 is 0 Å². The van der Waals surface area contributed by atoms with Crippen molar-refractivity contribution in [3.8, 4) is 17.2 Å². The number of para-hydroxylation sites is 1. The molecule has 200 valence electrons. The van der Waals surface area contributed by atoms with Crippen LogP contribution in [0.1, 0.15) is 0 Å². The molecule has 10 aromatic rings. The Balaban J connectivity index is 1.46. The van der Waals surface area contributed by atoms with Gasteiger partial charge < -0.3 is 4.42 Å². The molecule has 0 bridgehead atoms. The molecule has 5 aromatic carbocycles. The first-order valence-corrected chi connectivity index (χ1v) is 15.0. The predicted octanol–water partition coefficient (Wildman–Crippen LogP) is 10.1.